The molecular weight excluding hydrogens is 616 g/mol. The van der Waals surface area contributed by atoms with Gasteiger partial charge in [-0.05, 0) is 19.1 Å². The molecule has 0 unspecified atom stereocenters. The molecule has 7 N–H and O–H groups in total. The second-order valence-electron chi connectivity index (χ2n) is 10.9. The van der Waals surface area contributed by atoms with Crippen LogP contribution in [0.5, 0.6) is 28.7 Å². The Balaban J connectivity index is 1.40. The molecule has 0 saturated carbocycles. The molecule has 16 nitrogen and oxygen atoms in total. The summed E-state index contributed by atoms with van der Waals surface area (Å²) in [5.74, 6) is 0.351. The SMILES string of the molecule is COc1cc(-c2cc(=O)c3c(O)cc(O[C@@H]4O[C@H](CO[C@@H]5O[C@@H](C)[C@H](O)[C@@H](O)[C@H]5O)[C@@H](O)[C@H](O)[C@H]4O)cc3o2)cc(OC)c1OC. The van der Waals surface area contributed by atoms with Crippen molar-refractivity contribution in [3.05, 3.63) is 40.6 Å². The molecule has 0 bridgehead atoms. The number of aliphatic hydroxyl groups is 6. The smallest absolute Gasteiger partial charge is 0.229 e. The number of methoxy groups -OCH3 is 3. The Hall–Kier alpha value is -3.71. The first kappa shape index (κ1) is 33.6. The number of hydrogen-bond donors (Lipinski definition) is 7. The van der Waals surface area contributed by atoms with Gasteiger partial charge >= 0.3 is 0 Å². The summed E-state index contributed by atoms with van der Waals surface area (Å²) in [7, 11) is 4.30. The molecule has 0 spiro atoms. The van der Waals surface area contributed by atoms with Crippen LogP contribution in [-0.2, 0) is 14.2 Å². The summed E-state index contributed by atoms with van der Waals surface area (Å²) in [6, 6.07) is 6.64. The molecule has 2 fully saturated rings. The van der Waals surface area contributed by atoms with Crippen molar-refractivity contribution >= 4 is 11.0 Å². The van der Waals surface area contributed by atoms with Crippen molar-refractivity contribution in [1.29, 1.82) is 0 Å². The fourth-order valence-corrected chi connectivity index (χ4v) is 5.30. The average molecular weight is 653 g/mol. The zero-order valence-electron chi connectivity index (χ0n) is 25.2. The highest BCUT2D eigenvalue weighted by Gasteiger charge is 2.47. The third-order valence-corrected chi connectivity index (χ3v) is 7.89. The Morgan fingerprint density at radius 2 is 1.37 bits per heavy atom. The second kappa shape index (κ2) is 13.6. The van der Waals surface area contributed by atoms with Crippen LogP contribution in [0.15, 0.2) is 39.5 Å². The van der Waals surface area contributed by atoms with Gasteiger partial charge in [0.05, 0.1) is 34.0 Å². The second-order valence-corrected chi connectivity index (χ2v) is 10.9. The van der Waals surface area contributed by atoms with Crippen LogP contribution in [0.1, 0.15) is 6.92 Å². The van der Waals surface area contributed by atoms with Gasteiger partial charge in [-0.3, -0.25) is 4.79 Å². The van der Waals surface area contributed by atoms with Crippen LogP contribution in [-0.4, -0.2) is 125 Å². The predicted molar refractivity (Wildman–Crippen MR) is 155 cm³/mol. The van der Waals surface area contributed by atoms with E-state index in [2.05, 4.69) is 0 Å². The van der Waals surface area contributed by atoms with Crippen LogP contribution in [0, 0.1) is 0 Å². The maximum absolute atomic E-state index is 13.0. The van der Waals surface area contributed by atoms with Crippen molar-refractivity contribution < 1.29 is 73.3 Å². The van der Waals surface area contributed by atoms with E-state index in [1.54, 1.807) is 12.1 Å². The van der Waals surface area contributed by atoms with Crippen molar-refractivity contribution in [3.63, 3.8) is 0 Å². The highest BCUT2D eigenvalue weighted by molar-refractivity contribution is 5.86. The van der Waals surface area contributed by atoms with Gasteiger partial charge in [0.1, 0.15) is 71.0 Å². The number of rotatable bonds is 9. The molecule has 252 valence electrons. The van der Waals surface area contributed by atoms with Crippen LogP contribution in [0.25, 0.3) is 22.3 Å². The van der Waals surface area contributed by atoms with Gasteiger partial charge in [0.2, 0.25) is 12.0 Å². The van der Waals surface area contributed by atoms with Crippen molar-refractivity contribution in [2.24, 2.45) is 0 Å². The molecule has 3 heterocycles. The number of ether oxygens (including phenoxy) is 7. The first-order valence-electron chi connectivity index (χ1n) is 14.2. The zero-order valence-corrected chi connectivity index (χ0v) is 25.2. The molecule has 0 radical (unpaired) electrons. The first-order chi connectivity index (χ1) is 21.9. The molecule has 2 aromatic carbocycles. The van der Waals surface area contributed by atoms with E-state index in [-0.39, 0.29) is 22.5 Å². The van der Waals surface area contributed by atoms with Crippen molar-refractivity contribution in [2.45, 2.75) is 68.3 Å². The monoisotopic (exact) mass is 652 g/mol. The number of hydrogen-bond acceptors (Lipinski definition) is 16. The maximum atomic E-state index is 13.0. The van der Waals surface area contributed by atoms with E-state index in [1.165, 1.54) is 40.4 Å². The summed E-state index contributed by atoms with van der Waals surface area (Å²) < 4.78 is 44.3. The molecule has 2 aliphatic rings. The van der Waals surface area contributed by atoms with Crippen molar-refractivity contribution in [2.75, 3.05) is 27.9 Å². The summed E-state index contributed by atoms with van der Waals surface area (Å²) in [4.78, 5) is 13.0. The minimum absolute atomic E-state index is 0.0806. The van der Waals surface area contributed by atoms with Crippen molar-refractivity contribution in [1.82, 2.24) is 0 Å². The highest BCUT2D eigenvalue weighted by Crippen LogP contribution is 2.42. The third kappa shape index (κ3) is 6.31. The van der Waals surface area contributed by atoms with E-state index in [0.717, 1.165) is 6.07 Å². The van der Waals surface area contributed by atoms with Crippen LogP contribution in [0.2, 0.25) is 0 Å². The van der Waals surface area contributed by atoms with Gasteiger partial charge in [0, 0.05) is 23.8 Å². The van der Waals surface area contributed by atoms with Crippen molar-refractivity contribution in [3.8, 4) is 40.1 Å². The minimum atomic E-state index is -1.78. The molecular formula is C30H36O16. The number of aliphatic hydroxyl groups excluding tert-OH is 6. The van der Waals surface area contributed by atoms with Crippen LogP contribution >= 0.6 is 0 Å². The topological polar surface area (TPSA) is 236 Å². The molecule has 2 saturated heterocycles. The molecule has 0 amide bonds. The summed E-state index contributed by atoms with van der Waals surface area (Å²) in [5.41, 5.74) is -0.304. The van der Waals surface area contributed by atoms with Gasteiger partial charge in [0.25, 0.3) is 0 Å². The van der Waals surface area contributed by atoms with E-state index < -0.39 is 79.2 Å². The molecule has 1 aromatic heterocycles. The Labute approximate surface area is 261 Å². The lowest BCUT2D eigenvalue weighted by molar-refractivity contribution is -0.318. The van der Waals surface area contributed by atoms with Gasteiger partial charge in [-0.15, -0.1) is 0 Å². The number of aromatic hydroxyl groups is 1. The summed E-state index contributed by atoms with van der Waals surface area (Å²) in [6.45, 7) is 0.957. The Morgan fingerprint density at radius 3 is 2.00 bits per heavy atom. The summed E-state index contributed by atoms with van der Waals surface area (Å²) in [5, 5.41) is 72.3. The fraction of sp³-hybridized carbons (Fsp3) is 0.500. The number of phenolic OH excluding ortho intramolecular Hbond substituents is 1. The molecule has 3 aromatic rings. The molecule has 2 aliphatic heterocycles. The molecule has 46 heavy (non-hydrogen) atoms. The van der Waals surface area contributed by atoms with Crippen LogP contribution in [0.3, 0.4) is 0 Å². The molecule has 0 aliphatic carbocycles. The highest BCUT2D eigenvalue weighted by atomic mass is 16.7. The predicted octanol–water partition coefficient (Wildman–Crippen LogP) is -0.778. The van der Waals surface area contributed by atoms with Gasteiger partial charge < -0.3 is 73.3 Å². The van der Waals surface area contributed by atoms with Gasteiger partial charge in [-0.1, -0.05) is 0 Å². The molecule has 16 heteroatoms. The third-order valence-electron chi connectivity index (χ3n) is 7.89. The number of phenols is 1. The van der Waals surface area contributed by atoms with E-state index in [1.807, 2.05) is 0 Å². The summed E-state index contributed by atoms with van der Waals surface area (Å²) in [6.07, 6.45) is -15.1. The number of benzene rings is 2. The van der Waals surface area contributed by atoms with Gasteiger partial charge in [-0.2, -0.15) is 0 Å². The Morgan fingerprint density at radius 1 is 0.739 bits per heavy atom. The molecule has 5 rings (SSSR count). The van der Waals surface area contributed by atoms with E-state index in [0.29, 0.717) is 22.8 Å². The lowest BCUT2D eigenvalue weighted by Gasteiger charge is -2.42. The first-order valence-corrected chi connectivity index (χ1v) is 14.2. The average Bonchev–Trinajstić information content (AvgIpc) is 3.04. The Bertz CT molecular complexity index is 1570. The minimum Gasteiger partial charge on any atom is -0.507 e. The quantitative estimate of drug-likeness (QED) is 0.150. The van der Waals surface area contributed by atoms with Gasteiger partial charge in [-0.25, -0.2) is 0 Å². The van der Waals surface area contributed by atoms with E-state index in [9.17, 15) is 40.5 Å². The van der Waals surface area contributed by atoms with Gasteiger partial charge in [0.15, 0.2) is 23.2 Å². The largest absolute Gasteiger partial charge is 0.507 e. The maximum Gasteiger partial charge on any atom is 0.229 e. The number of fused-ring (bicyclic) bond motifs is 1. The Kier molecular flexibility index (Phi) is 9.92. The van der Waals surface area contributed by atoms with E-state index >= 15 is 0 Å². The zero-order chi connectivity index (χ0) is 33.4. The normalized spacial score (nSPS) is 31.4. The van der Waals surface area contributed by atoms with Crippen LogP contribution in [0.4, 0.5) is 0 Å². The standard InChI is InChI=1S/C30H36O16/c1-11-22(33)24(35)26(37)29(43-11)42-10-20-23(34)25(36)27(38)30(46-20)44-13-7-14(31)21-15(32)9-16(45-17(21)8-13)12-5-18(39-2)28(41-4)19(6-12)40-3/h5-9,11,20,22-27,29-31,33-38H,10H2,1-4H3/t11-,20+,22-,23+,24+,25-,26+,27+,29+,30+/m0/s1. The lowest BCUT2D eigenvalue weighted by Crippen LogP contribution is -2.61. The fourth-order valence-electron chi connectivity index (χ4n) is 5.30. The van der Waals surface area contributed by atoms with E-state index in [4.69, 9.17) is 37.6 Å². The molecule has 10 atom stereocenters. The summed E-state index contributed by atoms with van der Waals surface area (Å²) >= 11 is 0. The lowest BCUT2D eigenvalue weighted by atomic mass is 9.98. The van der Waals surface area contributed by atoms with Crippen LogP contribution < -0.4 is 24.4 Å².